The van der Waals surface area contributed by atoms with E-state index < -0.39 is 11.8 Å². The molecular weight excluding hydrogens is 474 g/mol. The third kappa shape index (κ3) is 5.30. The highest BCUT2D eigenvalue weighted by Gasteiger charge is 2.36. The first-order valence-electron chi connectivity index (χ1n) is 11.7. The molecule has 0 bridgehead atoms. The van der Waals surface area contributed by atoms with Crippen LogP contribution in [0.1, 0.15) is 55.3 Å². The maximum atomic E-state index is 12.8. The number of amides is 4. The molecule has 1 heterocycles. The normalized spacial score (nSPS) is 12.4. The van der Waals surface area contributed by atoms with Crippen molar-refractivity contribution in [3.05, 3.63) is 82.9 Å². The monoisotopic (exact) mass is 501 g/mol. The van der Waals surface area contributed by atoms with Crippen molar-refractivity contribution in [3.8, 4) is 11.5 Å². The summed E-state index contributed by atoms with van der Waals surface area (Å²) in [5.41, 5.74) is 2.22. The van der Waals surface area contributed by atoms with Gasteiger partial charge in [0.2, 0.25) is 0 Å². The Labute approximate surface area is 214 Å². The zero-order valence-corrected chi connectivity index (χ0v) is 21.0. The topological polar surface area (TPSA) is 114 Å². The summed E-state index contributed by atoms with van der Waals surface area (Å²) in [7, 11) is 3.01. The number of imide groups is 1. The number of anilines is 2. The Hall–Kier alpha value is -4.66. The second-order valence-corrected chi connectivity index (χ2v) is 8.93. The van der Waals surface area contributed by atoms with Crippen molar-refractivity contribution in [1.82, 2.24) is 4.90 Å². The molecule has 0 spiro atoms. The maximum absolute atomic E-state index is 12.8. The van der Waals surface area contributed by atoms with Crippen molar-refractivity contribution < 1.29 is 28.7 Å². The second kappa shape index (κ2) is 10.5. The summed E-state index contributed by atoms with van der Waals surface area (Å²) in [5.74, 6) is -0.389. The molecule has 0 aliphatic carbocycles. The van der Waals surface area contributed by atoms with Gasteiger partial charge >= 0.3 is 0 Å². The minimum atomic E-state index is -0.424. The average molecular weight is 502 g/mol. The van der Waals surface area contributed by atoms with Gasteiger partial charge in [-0.05, 0) is 66.6 Å². The fourth-order valence-corrected chi connectivity index (χ4v) is 3.98. The van der Waals surface area contributed by atoms with E-state index >= 15 is 0 Å². The fourth-order valence-electron chi connectivity index (χ4n) is 3.98. The van der Waals surface area contributed by atoms with E-state index in [-0.39, 0.29) is 28.9 Å². The summed E-state index contributed by atoms with van der Waals surface area (Å²) < 4.78 is 10.4. The molecule has 9 nitrogen and oxygen atoms in total. The Morgan fingerprint density at radius 1 is 0.730 bits per heavy atom. The predicted octanol–water partition coefficient (Wildman–Crippen LogP) is 4.46. The first-order valence-corrected chi connectivity index (χ1v) is 11.7. The van der Waals surface area contributed by atoms with Crippen molar-refractivity contribution in [2.45, 2.75) is 13.8 Å². The Bertz CT molecular complexity index is 1380. The molecule has 190 valence electrons. The van der Waals surface area contributed by atoms with E-state index in [9.17, 15) is 19.2 Å². The number of nitrogens with zero attached hydrogens (tertiary/aromatic N) is 1. The number of methoxy groups -OCH3 is 2. The molecule has 3 aromatic rings. The van der Waals surface area contributed by atoms with Crippen LogP contribution < -0.4 is 20.1 Å². The van der Waals surface area contributed by atoms with E-state index in [1.807, 2.05) is 13.8 Å². The molecule has 0 aromatic heterocycles. The van der Waals surface area contributed by atoms with E-state index in [2.05, 4.69) is 10.6 Å². The summed E-state index contributed by atoms with van der Waals surface area (Å²) in [6, 6.07) is 15.9. The molecule has 0 unspecified atom stereocenters. The molecule has 0 saturated heterocycles. The first kappa shape index (κ1) is 25.4. The average Bonchev–Trinajstić information content (AvgIpc) is 3.13. The van der Waals surface area contributed by atoms with Gasteiger partial charge in [-0.15, -0.1) is 0 Å². The zero-order chi connectivity index (χ0) is 26.7. The molecule has 9 heteroatoms. The molecule has 0 fully saturated rings. The number of carbonyl (C=O) groups excluding carboxylic acids is 4. The molecule has 37 heavy (non-hydrogen) atoms. The van der Waals surface area contributed by atoms with Crippen molar-refractivity contribution in [3.63, 3.8) is 0 Å². The maximum Gasteiger partial charge on any atom is 0.261 e. The van der Waals surface area contributed by atoms with Gasteiger partial charge in [-0.3, -0.25) is 24.1 Å². The van der Waals surface area contributed by atoms with Gasteiger partial charge in [0.05, 0.1) is 25.3 Å². The number of benzene rings is 3. The molecule has 0 saturated carbocycles. The summed E-state index contributed by atoms with van der Waals surface area (Å²) in [6.45, 7) is 4.17. The smallest absolute Gasteiger partial charge is 0.261 e. The Kier molecular flexibility index (Phi) is 7.24. The summed E-state index contributed by atoms with van der Waals surface area (Å²) >= 11 is 0. The number of nitrogens with one attached hydrogen (secondary N) is 2. The van der Waals surface area contributed by atoms with Crippen molar-refractivity contribution in [1.29, 1.82) is 0 Å². The minimum Gasteiger partial charge on any atom is -0.493 e. The zero-order valence-electron chi connectivity index (χ0n) is 21.0. The van der Waals surface area contributed by atoms with Crippen LogP contribution in [0.5, 0.6) is 11.5 Å². The molecule has 0 atom stereocenters. The molecule has 1 aliphatic rings. The highest BCUT2D eigenvalue weighted by atomic mass is 16.5. The highest BCUT2D eigenvalue weighted by molar-refractivity contribution is 6.22. The van der Waals surface area contributed by atoms with E-state index in [0.717, 1.165) is 0 Å². The Morgan fingerprint density at radius 3 is 1.78 bits per heavy atom. The quantitative estimate of drug-likeness (QED) is 0.441. The number of hydrogen-bond donors (Lipinski definition) is 2. The number of ether oxygens (including phenoxy) is 2. The minimum absolute atomic E-state index is 0.136. The van der Waals surface area contributed by atoms with Gasteiger partial charge in [-0.25, -0.2) is 0 Å². The third-order valence-electron chi connectivity index (χ3n) is 5.83. The SMILES string of the molecule is COc1ccc(C(=O)Nc2ccc(NC(=O)c3ccc4c(c3)C(=O)N(CC(C)C)C4=O)cc2)cc1OC. The van der Waals surface area contributed by atoms with Crippen LogP contribution in [0.2, 0.25) is 0 Å². The summed E-state index contributed by atoms with van der Waals surface area (Å²) in [5, 5.41) is 5.56. The molecule has 3 aromatic carbocycles. The van der Waals surface area contributed by atoms with Crippen LogP contribution >= 0.6 is 0 Å². The largest absolute Gasteiger partial charge is 0.493 e. The lowest BCUT2D eigenvalue weighted by Crippen LogP contribution is -2.33. The van der Waals surface area contributed by atoms with Crippen molar-refractivity contribution in [2.75, 3.05) is 31.4 Å². The van der Waals surface area contributed by atoms with E-state index in [1.165, 1.54) is 37.3 Å². The molecular formula is C28H27N3O6. The van der Waals surface area contributed by atoms with Gasteiger partial charge in [0.25, 0.3) is 23.6 Å². The van der Waals surface area contributed by atoms with Crippen LogP contribution in [0.15, 0.2) is 60.7 Å². The van der Waals surface area contributed by atoms with Gasteiger partial charge < -0.3 is 20.1 Å². The third-order valence-corrected chi connectivity index (χ3v) is 5.83. The highest BCUT2D eigenvalue weighted by Crippen LogP contribution is 2.28. The van der Waals surface area contributed by atoms with Crippen LogP contribution in [-0.4, -0.2) is 49.3 Å². The molecule has 2 N–H and O–H groups in total. The standard InChI is InChI=1S/C28H27N3O6/c1-16(2)15-31-27(34)21-11-5-17(13-22(21)28(31)35)25(32)29-19-7-9-20(10-8-19)30-26(33)18-6-12-23(36-3)24(14-18)37-4/h5-14,16H,15H2,1-4H3,(H,29,32)(H,30,33). The van der Waals surface area contributed by atoms with Crippen LogP contribution in [0.25, 0.3) is 0 Å². The van der Waals surface area contributed by atoms with Crippen LogP contribution in [-0.2, 0) is 0 Å². The van der Waals surface area contributed by atoms with Gasteiger partial charge in [-0.1, -0.05) is 13.8 Å². The lowest BCUT2D eigenvalue weighted by molar-refractivity contribution is 0.0635. The van der Waals surface area contributed by atoms with Gasteiger partial charge in [0.1, 0.15) is 0 Å². The summed E-state index contributed by atoms with van der Waals surface area (Å²) in [4.78, 5) is 51.9. The van der Waals surface area contributed by atoms with Crippen molar-refractivity contribution >= 4 is 35.0 Å². The Balaban J connectivity index is 1.42. The van der Waals surface area contributed by atoms with Crippen LogP contribution in [0.3, 0.4) is 0 Å². The van der Waals surface area contributed by atoms with E-state index in [4.69, 9.17) is 9.47 Å². The van der Waals surface area contributed by atoms with E-state index in [1.54, 1.807) is 42.5 Å². The van der Waals surface area contributed by atoms with Crippen molar-refractivity contribution in [2.24, 2.45) is 5.92 Å². The van der Waals surface area contributed by atoms with E-state index in [0.29, 0.717) is 40.5 Å². The second-order valence-electron chi connectivity index (χ2n) is 8.93. The van der Waals surface area contributed by atoms with Crippen LogP contribution in [0.4, 0.5) is 11.4 Å². The van der Waals surface area contributed by atoms with Gasteiger partial charge in [0.15, 0.2) is 11.5 Å². The molecule has 4 amide bonds. The molecule has 1 aliphatic heterocycles. The predicted molar refractivity (Wildman–Crippen MR) is 139 cm³/mol. The lowest BCUT2D eigenvalue weighted by atomic mass is 10.1. The molecule has 0 radical (unpaired) electrons. The number of hydrogen-bond acceptors (Lipinski definition) is 6. The first-order chi connectivity index (χ1) is 17.7. The van der Waals surface area contributed by atoms with Crippen LogP contribution in [0, 0.1) is 5.92 Å². The number of fused-ring (bicyclic) bond motifs is 1. The van der Waals surface area contributed by atoms with Gasteiger partial charge in [-0.2, -0.15) is 0 Å². The summed E-state index contributed by atoms with van der Waals surface area (Å²) in [6.07, 6.45) is 0. The number of rotatable bonds is 8. The molecule has 4 rings (SSSR count). The number of carbonyl (C=O) groups is 4. The lowest BCUT2D eigenvalue weighted by Gasteiger charge is -2.15. The Morgan fingerprint density at radius 2 is 1.24 bits per heavy atom. The van der Waals surface area contributed by atoms with Gasteiger partial charge in [0, 0.05) is 29.0 Å². The fraction of sp³-hybridized carbons (Fsp3) is 0.214.